The van der Waals surface area contributed by atoms with Crippen LogP contribution in [0.3, 0.4) is 0 Å². The summed E-state index contributed by atoms with van der Waals surface area (Å²) >= 11 is 6.38. The predicted molar refractivity (Wildman–Crippen MR) is 138 cm³/mol. The number of aliphatic hydroxyl groups is 1. The van der Waals surface area contributed by atoms with Crippen LogP contribution in [0.25, 0.3) is 0 Å². The van der Waals surface area contributed by atoms with Gasteiger partial charge in [0, 0.05) is 16.4 Å². The lowest BCUT2D eigenvalue weighted by molar-refractivity contribution is -0.274. The molecule has 1 fully saturated rings. The fourth-order valence-electron chi connectivity index (χ4n) is 5.34. The Kier molecular flexibility index (Phi) is 7.34. The molecule has 0 radical (unpaired) electrons. The minimum atomic E-state index is -4.88. The Morgan fingerprint density at radius 1 is 0.947 bits per heavy atom. The summed E-state index contributed by atoms with van der Waals surface area (Å²) in [6.07, 6.45) is -2.64. The monoisotopic (exact) mass is 566 g/mol. The lowest BCUT2D eigenvalue weighted by atomic mass is 9.86. The van der Waals surface area contributed by atoms with Gasteiger partial charge in [-0.25, -0.2) is 13.1 Å². The molecule has 0 aromatic heterocycles. The summed E-state index contributed by atoms with van der Waals surface area (Å²) in [4.78, 5) is 1.86. The molecule has 2 aliphatic rings. The highest BCUT2D eigenvalue weighted by molar-refractivity contribution is 7.89. The van der Waals surface area contributed by atoms with E-state index in [-0.39, 0.29) is 4.90 Å². The highest BCUT2D eigenvalue weighted by Gasteiger charge is 2.40. The smallest absolute Gasteiger partial charge is 0.406 e. The van der Waals surface area contributed by atoms with Crippen molar-refractivity contribution < 1.29 is 31.4 Å². The molecule has 1 saturated carbocycles. The second-order valence-corrected chi connectivity index (χ2v) is 11.7. The number of halogens is 4. The number of sulfonamides is 1. The van der Waals surface area contributed by atoms with E-state index in [9.17, 15) is 26.7 Å². The van der Waals surface area contributed by atoms with Crippen LogP contribution in [0.2, 0.25) is 5.02 Å². The topological polar surface area (TPSA) is 78.9 Å². The van der Waals surface area contributed by atoms with E-state index in [0.29, 0.717) is 24.3 Å². The lowest BCUT2D eigenvalue weighted by Gasteiger charge is -2.43. The highest BCUT2D eigenvalue weighted by Crippen LogP contribution is 2.42. The number of aryl methyl sites for hydroxylation is 2. The summed E-state index contributed by atoms with van der Waals surface area (Å²) in [7, 11) is -4.13. The first-order valence-corrected chi connectivity index (χ1v) is 14.1. The van der Waals surface area contributed by atoms with Crippen LogP contribution in [0.4, 0.5) is 24.5 Å². The molecule has 6 nitrogen and oxygen atoms in total. The molecule has 3 atom stereocenters. The van der Waals surface area contributed by atoms with Crippen LogP contribution in [0.15, 0.2) is 71.6 Å². The molecule has 0 amide bonds. The molecule has 202 valence electrons. The van der Waals surface area contributed by atoms with Crippen molar-refractivity contribution in [3.8, 4) is 5.75 Å². The molecule has 0 saturated heterocycles. The van der Waals surface area contributed by atoms with Crippen LogP contribution in [0.1, 0.15) is 30.4 Å². The van der Waals surface area contributed by atoms with Crippen molar-refractivity contribution in [2.75, 3.05) is 4.90 Å². The van der Waals surface area contributed by atoms with Gasteiger partial charge < -0.3 is 14.7 Å². The number of para-hydroxylation sites is 1. The van der Waals surface area contributed by atoms with E-state index in [1.807, 2.05) is 36.4 Å². The highest BCUT2D eigenvalue weighted by atomic mass is 35.5. The van der Waals surface area contributed by atoms with Gasteiger partial charge in [-0.3, -0.25) is 0 Å². The van der Waals surface area contributed by atoms with E-state index >= 15 is 0 Å². The Bertz CT molecular complexity index is 1420. The number of aliphatic hydroxyl groups excluding tert-OH is 1. The Morgan fingerprint density at radius 2 is 1.63 bits per heavy atom. The fraction of sp³-hybridized carbons (Fsp3) is 0.333. The number of rotatable bonds is 5. The Hall–Kier alpha value is -2.79. The zero-order chi connectivity index (χ0) is 27.1. The maximum atomic E-state index is 13.1. The van der Waals surface area contributed by atoms with Crippen molar-refractivity contribution in [3.05, 3.63) is 82.9 Å². The van der Waals surface area contributed by atoms with Gasteiger partial charge in [-0.15, -0.1) is 13.2 Å². The van der Waals surface area contributed by atoms with Gasteiger partial charge in [-0.2, -0.15) is 0 Å². The molecule has 1 heterocycles. The summed E-state index contributed by atoms with van der Waals surface area (Å²) in [5, 5.41) is 12.1. The molecule has 0 bridgehead atoms. The van der Waals surface area contributed by atoms with Gasteiger partial charge in [-0.1, -0.05) is 35.9 Å². The molecule has 3 aromatic rings. The SMILES string of the molecule is O=S(=O)(N[C@@H]1CCC[C@H](N2c3ccccc3CCc3ccc(Cl)cc32)[C@H]1O)c1ccc(OC(F)(F)F)cc1. The second-order valence-electron chi connectivity index (χ2n) is 9.51. The molecular formula is C27H26ClF3N2O4S. The zero-order valence-corrected chi connectivity index (χ0v) is 21.7. The number of nitrogens with one attached hydrogen (secondary N) is 1. The number of benzene rings is 3. The zero-order valence-electron chi connectivity index (χ0n) is 20.2. The van der Waals surface area contributed by atoms with E-state index in [2.05, 4.69) is 20.4 Å². The van der Waals surface area contributed by atoms with E-state index in [1.54, 1.807) is 0 Å². The van der Waals surface area contributed by atoms with Gasteiger partial charge in [-0.05, 0) is 85.7 Å². The Labute approximate surface area is 224 Å². The largest absolute Gasteiger partial charge is 0.573 e. The van der Waals surface area contributed by atoms with Gasteiger partial charge in [0.1, 0.15) is 5.75 Å². The third kappa shape index (κ3) is 5.63. The normalized spacial score (nSPS) is 21.8. The van der Waals surface area contributed by atoms with Crippen LogP contribution in [0, 0.1) is 0 Å². The fourth-order valence-corrected chi connectivity index (χ4v) is 6.79. The number of ether oxygens (including phenoxy) is 1. The average molecular weight is 567 g/mol. The van der Waals surface area contributed by atoms with Gasteiger partial charge in [0.05, 0.1) is 23.1 Å². The van der Waals surface area contributed by atoms with Crippen LogP contribution in [-0.2, 0) is 22.9 Å². The number of nitrogens with zero attached hydrogens (tertiary/aromatic N) is 1. The van der Waals surface area contributed by atoms with Crippen LogP contribution < -0.4 is 14.4 Å². The molecule has 11 heteroatoms. The summed E-state index contributed by atoms with van der Waals surface area (Å²) in [5.41, 5.74) is 4.04. The molecular weight excluding hydrogens is 541 g/mol. The molecule has 0 unspecified atom stereocenters. The van der Waals surface area contributed by atoms with Gasteiger partial charge in [0.25, 0.3) is 0 Å². The quantitative estimate of drug-likeness (QED) is 0.412. The first-order chi connectivity index (χ1) is 18.0. The summed E-state index contributed by atoms with van der Waals surface area (Å²) in [6.45, 7) is 0. The van der Waals surface area contributed by atoms with Crippen LogP contribution >= 0.6 is 11.6 Å². The maximum Gasteiger partial charge on any atom is 0.573 e. The minimum absolute atomic E-state index is 0.224. The number of anilines is 2. The van der Waals surface area contributed by atoms with Crippen LogP contribution in [0.5, 0.6) is 5.75 Å². The number of alkyl halides is 3. The minimum Gasteiger partial charge on any atom is -0.406 e. The second kappa shape index (κ2) is 10.4. The molecule has 2 N–H and O–H groups in total. The average Bonchev–Trinajstić information content (AvgIpc) is 3.01. The molecule has 5 rings (SSSR count). The molecule has 38 heavy (non-hydrogen) atoms. The van der Waals surface area contributed by atoms with Gasteiger partial charge in [0.2, 0.25) is 10.0 Å². The standard InChI is InChI=1S/C27H26ClF3N2O4S/c28-19-11-10-18-9-8-17-4-1-2-6-23(17)33(25(18)16-19)24-7-3-5-22(26(24)34)32-38(35,36)21-14-12-20(13-15-21)37-27(29,30)31/h1-2,4,6,10-16,22,24,26,32,34H,3,5,7-9H2/t22-,24+,26+/m1/s1. The maximum absolute atomic E-state index is 13.1. The first kappa shape index (κ1) is 26.8. The van der Waals surface area contributed by atoms with E-state index in [4.69, 9.17) is 11.6 Å². The molecule has 3 aromatic carbocycles. The number of hydrogen-bond donors (Lipinski definition) is 2. The summed E-state index contributed by atoms with van der Waals surface area (Å²) < 4.78 is 70.0. The van der Waals surface area contributed by atoms with Crippen LogP contribution in [-0.4, -0.2) is 38.1 Å². The first-order valence-electron chi connectivity index (χ1n) is 12.2. The van der Waals surface area contributed by atoms with Gasteiger partial charge in [0.15, 0.2) is 0 Å². The van der Waals surface area contributed by atoms with Crippen molar-refractivity contribution in [3.63, 3.8) is 0 Å². The van der Waals surface area contributed by atoms with Crippen molar-refractivity contribution in [1.82, 2.24) is 4.72 Å². The predicted octanol–water partition coefficient (Wildman–Crippen LogP) is 5.74. The lowest BCUT2D eigenvalue weighted by Crippen LogP contribution is -2.55. The third-order valence-electron chi connectivity index (χ3n) is 7.05. The van der Waals surface area contributed by atoms with Crippen molar-refractivity contribution in [2.24, 2.45) is 0 Å². The van der Waals surface area contributed by atoms with E-state index in [1.165, 1.54) is 0 Å². The van der Waals surface area contributed by atoms with Gasteiger partial charge >= 0.3 is 6.36 Å². The summed E-state index contributed by atoms with van der Waals surface area (Å²) in [6, 6.07) is 16.4. The third-order valence-corrected chi connectivity index (χ3v) is 8.79. The Balaban J connectivity index is 1.43. The van der Waals surface area contributed by atoms with Crippen molar-refractivity contribution >= 4 is 33.0 Å². The number of hydrogen-bond acceptors (Lipinski definition) is 5. The Morgan fingerprint density at radius 3 is 2.34 bits per heavy atom. The summed E-state index contributed by atoms with van der Waals surface area (Å²) in [5.74, 6) is -0.522. The molecule has 1 aliphatic heterocycles. The van der Waals surface area contributed by atoms with Crippen molar-refractivity contribution in [1.29, 1.82) is 0 Å². The molecule has 1 aliphatic carbocycles. The van der Waals surface area contributed by atoms with E-state index in [0.717, 1.165) is 59.6 Å². The van der Waals surface area contributed by atoms with Crippen molar-refractivity contribution in [2.45, 2.75) is 61.5 Å². The molecule has 0 spiro atoms. The number of fused-ring (bicyclic) bond motifs is 2. The van der Waals surface area contributed by atoms with E-state index < -0.39 is 40.3 Å².